The molecule has 1 N–H and O–H groups in total. The molecule has 3 rings (SSSR count). The van der Waals surface area contributed by atoms with Gasteiger partial charge in [0.05, 0.1) is 20.3 Å². The second kappa shape index (κ2) is 10.3. The summed E-state index contributed by atoms with van der Waals surface area (Å²) in [7, 11) is -2.39. The van der Waals surface area contributed by atoms with Crippen molar-refractivity contribution >= 4 is 21.6 Å². The molecule has 1 aliphatic rings. The molecular weight excluding hydrogens is 432 g/mol. The smallest absolute Gasteiger partial charge is 0.265 e. The summed E-state index contributed by atoms with van der Waals surface area (Å²) in [5, 5.41) is 2.79. The lowest BCUT2D eigenvalue weighted by molar-refractivity contribution is -0.122. The first kappa shape index (κ1) is 24.0. The number of carbonyl (C=O) groups excluding carboxylic acids is 1. The lowest BCUT2D eigenvalue weighted by Crippen LogP contribution is -2.40. The number of hydrogen-bond acceptors (Lipinski definition) is 6. The minimum Gasteiger partial charge on any atom is -0.495 e. The maximum atomic E-state index is 13.2. The van der Waals surface area contributed by atoms with Gasteiger partial charge in [0.1, 0.15) is 16.4 Å². The molecular formula is C23H30N2O6S. The van der Waals surface area contributed by atoms with Gasteiger partial charge in [0.25, 0.3) is 5.91 Å². The Morgan fingerprint density at radius 1 is 1.12 bits per heavy atom. The highest BCUT2D eigenvalue weighted by Gasteiger charge is 2.30. The molecule has 0 spiro atoms. The molecule has 174 valence electrons. The van der Waals surface area contributed by atoms with E-state index < -0.39 is 16.1 Å². The Bertz CT molecular complexity index is 1060. The maximum absolute atomic E-state index is 13.2. The van der Waals surface area contributed by atoms with Gasteiger partial charge in [0, 0.05) is 18.8 Å². The number of sulfonamides is 1. The lowest BCUT2D eigenvalue weighted by Gasteiger charge is -2.27. The summed E-state index contributed by atoms with van der Waals surface area (Å²) in [5.41, 5.74) is 2.32. The third-order valence-electron chi connectivity index (χ3n) is 5.30. The summed E-state index contributed by atoms with van der Waals surface area (Å²) >= 11 is 0. The van der Waals surface area contributed by atoms with Crippen molar-refractivity contribution in [2.75, 3.05) is 38.7 Å². The van der Waals surface area contributed by atoms with E-state index >= 15 is 0 Å². The summed E-state index contributed by atoms with van der Waals surface area (Å²) in [6.45, 7) is 6.95. The average molecular weight is 463 g/mol. The van der Waals surface area contributed by atoms with Crippen molar-refractivity contribution in [2.45, 2.75) is 38.2 Å². The molecule has 0 unspecified atom stereocenters. The second-order valence-corrected chi connectivity index (χ2v) is 9.56. The van der Waals surface area contributed by atoms with E-state index in [1.165, 1.54) is 23.5 Å². The van der Waals surface area contributed by atoms with E-state index in [2.05, 4.69) is 5.32 Å². The first-order valence-electron chi connectivity index (χ1n) is 10.6. The number of aryl methyl sites for hydroxylation is 2. The molecule has 8 nitrogen and oxygen atoms in total. The van der Waals surface area contributed by atoms with Crippen LogP contribution in [-0.4, -0.2) is 58.1 Å². The zero-order chi connectivity index (χ0) is 23.3. The van der Waals surface area contributed by atoms with Gasteiger partial charge in [-0.1, -0.05) is 19.1 Å². The van der Waals surface area contributed by atoms with Crippen LogP contribution < -0.4 is 14.8 Å². The number of methoxy groups -OCH3 is 1. The van der Waals surface area contributed by atoms with Gasteiger partial charge in [0.2, 0.25) is 10.0 Å². The molecule has 0 radical (unpaired) electrons. The summed E-state index contributed by atoms with van der Waals surface area (Å²) in [4.78, 5) is 12.9. The Balaban J connectivity index is 1.82. The van der Waals surface area contributed by atoms with Gasteiger partial charge >= 0.3 is 0 Å². The largest absolute Gasteiger partial charge is 0.495 e. The van der Waals surface area contributed by atoms with Crippen LogP contribution in [0.15, 0.2) is 41.3 Å². The van der Waals surface area contributed by atoms with Gasteiger partial charge < -0.3 is 19.5 Å². The first-order valence-corrected chi connectivity index (χ1v) is 12.0. The number of nitrogens with one attached hydrogen (secondary N) is 1. The van der Waals surface area contributed by atoms with Crippen LogP contribution in [0.1, 0.15) is 24.5 Å². The SMILES string of the molecule is CC[C@H](Oc1cc(C)ccc1C)C(=O)Nc1ccc(OC)c(S(=O)(=O)N2CCOCC2)c1. The molecule has 0 bridgehead atoms. The van der Waals surface area contributed by atoms with Crippen LogP contribution in [0.4, 0.5) is 5.69 Å². The van der Waals surface area contributed by atoms with Crippen molar-refractivity contribution in [3.63, 3.8) is 0 Å². The fourth-order valence-electron chi connectivity index (χ4n) is 3.41. The summed E-state index contributed by atoms with van der Waals surface area (Å²) in [5.74, 6) is 0.513. The molecule has 2 aromatic rings. The van der Waals surface area contributed by atoms with Gasteiger partial charge in [-0.05, 0) is 55.7 Å². The molecule has 32 heavy (non-hydrogen) atoms. The Kier molecular flexibility index (Phi) is 7.76. The number of amides is 1. The second-order valence-electron chi connectivity index (χ2n) is 7.66. The highest BCUT2D eigenvalue weighted by Crippen LogP contribution is 2.30. The minimum absolute atomic E-state index is 0.00296. The highest BCUT2D eigenvalue weighted by molar-refractivity contribution is 7.89. The number of rotatable bonds is 8. The number of carbonyl (C=O) groups is 1. The molecule has 0 saturated carbocycles. The quantitative estimate of drug-likeness (QED) is 0.648. The van der Waals surface area contributed by atoms with E-state index in [1.807, 2.05) is 39.0 Å². The molecule has 9 heteroatoms. The molecule has 2 aromatic carbocycles. The van der Waals surface area contributed by atoms with Crippen molar-refractivity contribution < 1.29 is 27.4 Å². The zero-order valence-corrected chi connectivity index (χ0v) is 19.7. The normalized spacial score (nSPS) is 15.8. The fourth-order valence-corrected chi connectivity index (χ4v) is 5.00. The molecule has 1 fully saturated rings. The minimum atomic E-state index is -3.80. The standard InChI is InChI=1S/C23H30N2O6S/c1-5-19(31-21-14-16(2)6-7-17(21)3)23(26)24-18-8-9-20(29-4)22(15-18)32(27,28)25-10-12-30-13-11-25/h6-9,14-15,19H,5,10-13H2,1-4H3,(H,24,26)/t19-/m0/s1. The van der Waals surface area contributed by atoms with Crippen LogP contribution in [-0.2, 0) is 19.6 Å². The van der Waals surface area contributed by atoms with Crippen LogP contribution >= 0.6 is 0 Å². The Labute approximate surface area is 189 Å². The van der Waals surface area contributed by atoms with E-state index in [1.54, 1.807) is 6.07 Å². The van der Waals surface area contributed by atoms with Crippen LogP contribution in [0.2, 0.25) is 0 Å². The molecule has 1 aliphatic heterocycles. The summed E-state index contributed by atoms with van der Waals surface area (Å²) < 4.78 is 44.2. The van der Waals surface area contributed by atoms with Gasteiger partial charge in [-0.15, -0.1) is 0 Å². The summed E-state index contributed by atoms with van der Waals surface area (Å²) in [6, 6.07) is 10.4. The Morgan fingerprint density at radius 2 is 1.84 bits per heavy atom. The molecule has 1 saturated heterocycles. The molecule has 1 amide bonds. The first-order chi connectivity index (χ1) is 15.3. The zero-order valence-electron chi connectivity index (χ0n) is 18.9. The number of nitrogens with zero attached hydrogens (tertiary/aromatic N) is 1. The van der Waals surface area contributed by atoms with Gasteiger partial charge in [0.15, 0.2) is 6.10 Å². The number of ether oxygens (including phenoxy) is 3. The van der Waals surface area contributed by atoms with Crippen molar-refractivity contribution in [1.82, 2.24) is 4.31 Å². The number of anilines is 1. The van der Waals surface area contributed by atoms with E-state index in [9.17, 15) is 13.2 Å². The molecule has 0 aromatic heterocycles. The molecule has 0 aliphatic carbocycles. The maximum Gasteiger partial charge on any atom is 0.265 e. The van der Waals surface area contributed by atoms with Crippen molar-refractivity contribution in [1.29, 1.82) is 0 Å². The Hall–Kier alpha value is -2.62. The van der Waals surface area contributed by atoms with E-state index in [4.69, 9.17) is 14.2 Å². The summed E-state index contributed by atoms with van der Waals surface area (Å²) in [6.07, 6.45) is -0.272. The van der Waals surface area contributed by atoms with Gasteiger partial charge in [-0.3, -0.25) is 4.79 Å². The van der Waals surface area contributed by atoms with Gasteiger partial charge in [-0.2, -0.15) is 4.31 Å². The van der Waals surface area contributed by atoms with E-state index in [-0.39, 0.29) is 29.6 Å². The van der Waals surface area contributed by atoms with E-state index in [0.717, 1.165) is 11.1 Å². The van der Waals surface area contributed by atoms with Crippen LogP contribution in [0, 0.1) is 13.8 Å². The highest BCUT2D eigenvalue weighted by atomic mass is 32.2. The van der Waals surface area contributed by atoms with E-state index in [0.29, 0.717) is 31.1 Å². The third kappa shape index (κ3) is 5.40. The fraction of sp³-hybridized carbons (Fsp3) is 0.435. The Morgan fingerprint density at radius 3 is 2.50 bits per heavy atom. The predicted molar refractivity (Wildman–Crippen MR) is 122 cm³/mol. The van der Waals surface area contributed by atoms with Crippen molar-refractivity contribution in [2.24, 2.45) is 0 Å². The monoisotopic (exact) mass is 462 g/mol. The predicted octanol–water partition coefficient (Wildman–Crippen LogP) is 3.13. The lowest BCUT2D eigenvalue weighted by atomic mass is 10.1. The number of morpholine rings is 1. The topological polar surface area (TPSA) is 94.2 Å². The van der Waals surface area contributed by atoms with Crippen LogP contribution in [0.5, 0.6) is 11.5 Å². The van der Waals surface area contributed by atoms with Crippen LogP contribution in [0.3, 0.4) is 0 Å². The van der Waals surface area contributed by atoms with Gasteiger partial charge in [-0.25, -0.2) is 8.42 Å². The molecule has 1 heterocycles. The van der Waals surface area contributed by atoms with Crippen molar-refractivity contribution in [3.05, 3.63) is 47.5 Å². The van der Waals surface area contributed by atoms with Crippen molar-refractivity contribution in [3.8, 4) is 11.5 Å². The number of benzene rings is 2. The average Bonchev–Trinajstić information content (AvgIpc) is 2.80. The molecule has 1 atom stereocenters. The number of hydrogen-bond donors (Lipinski definition) is 1. The third-order valence-corrected chi connectivity index (χ3v) is 7.21. The van der Waals surface area contributed by atoms with Crippen LogP contribution in [0.25, 0.3) is 0 Å².